The lowest BCUT2D eigenvalue weighted by Gasteiger charge is -2.12. The Morgan fingerprint density at radius 1 is 0.875 bits per heavy atom. The first-order chi connectivity index (χ1) is 15.4. The molecule has 0 aliphatic carbocycles. The topological polar surface area (TPSA) is 93.7 Å². The zero-order valence-electron chi connectivity index (χ0n) is 17.3. The Labute approximate surface area is 191 Å². The van der Waals surface area contributed by atoms with E-state index in [0.717, 1.165) is 11.3 Å². The van der Waals surface area contributed by atoms with Crippen molar-refractivity contribution in [1.29, 1.82) is 0 Å². The quantitative estimate of drug-likeness (QED) is 0.511. The number of benzene rings is 3. The van der Waals surface area contributed by atoms with Crippen molar-refractivity contribution in [1.82, 2.24) is 0 Å². The van der Waals surface area contributed by atoms with E-state index in [2.05, 4.69) is 10.0 Å². The molecule has 4 rings (SSSR count). The predicted octanol–water partition coefficient (Wildman–Crippen LogP) is 4.62. The van der Waals surface area contributed by atoms with Crippen LogP contribution in [0.3, 0.4) is 0 Å². The third-order valence-electron chi connectivity index (χ3n) is 4.78. The molecule has 0 radical (unpaired) electrons. The number of fused-ring (bicyclic) bond motifs is 1. The van der Waals surface area contributed by atoms with E-state index >= 15 is 0 Å². The van der Waals surface area contributed by atoms with Crippen LogP contribution in [0, 0.1) is 0 Å². The van der Waals surface area contributed by atoms with Crippen molar-refractivity contribution >= 4 is 39.1 Å². The summed E-state index contributed by atoms with van der Waals surface area (Å²) >= 11 is 1.62. The SMILES string of the molecule is CSc1ccc(NC(=O)c2ccc(NS(=O)(=O)c3ccc4c(c3)OCCCO4)cc2)cc1. The smallest absolute Gasteiger partial charge is 0.262 e. The molecule has 2 N–H and O–H groups in total. The van der Waals surface area contributed by atoms with Gasteiger partial charge in [-0.2, -0.15) is 0 Å². The number of ether oxygens (including phenoxy) is 2. The van der Waals surface area contributed by atoms with Gasteiger partial charge in [-0.1, -0.05) is 0 Å². The number of rotatable bonds is 6. The summed E-state index contributed by atoms with van der Waals surface area (Å²) in [7, 11) is -3.84. The number of carbonyl (C=O) groups is 1. The fraction of sp³-hybridized carbons (Fsp3) is 0.174. The number of hydrogen-bond acceptors (Lipinski definition) is 6. The lowest BCUT2D eigenvalue weighted by Crippen LogP contribution is -2.14. The van der Waals surface area contributed by atoms with Crippen LogP contribution in [0.15, 0.2) is 76.5 Å². The maximum Gasteiger partial charge on any atom is 0.262 e. The van der Waals surface area contributed by atoms with Crippen molar-refractivity contribution in [3.05, 3.63) is 72.3 Å². The third-order valence-corrected chi connectivity index (χ3v) is 6.90. The number of carbonyl (C=O) groups excluding carboxylic acids is 1. The summed E-state index contributed by atoms with van der Waals surface area (Å²) in [6.07, 6.45) is 2.72. The number of amides is 1. The lowest BCUT2D eigenvalue weighted by molar-refractivity contribution is 0.102. The van der Waals surface area contributed by atoms with Gasteiger partial charge in [0.25, 0.3) is 15.9 Å². The normalized spacial score (nSPS) is 13.2. The average Bonchev–Trinajstić information content (AvgIpc) is 3.05. The van der Waals surface area contributed by atoms with Crippen LogP contribution < -0.4 is 19.5 Å². The minimum absolute atomic E-state index is 0.0669. The summed E-state index contributed by atoms with van der Waals surface area (Å²) in [5.41, 5.74) is 1.45. The van der Waals surface area contributed by atoms with E-state index in [1.54, 1.807) is 42.1 Å². The van der Waals surface area contributed by atoms with Crippen LogP contribution in [0.2, 0.25) is 0 Å². The second kappa shape index (κ2) is 9.54. The third kappa shape index (κ3) is 5.17. The fourth-order valence-electron chi connectivity index (χ4n) is 3.09. The summed E-state index contributed by atoms with van der Waals surface area (Å²) in [5, 5.41) is 2.82. The van der Waals surface area contributed by atoms with Gasteiger partial charge in [-0.05, 0) is 66.9 Å². The Morgan fingerprint density at radius 3 is 2.22 bits per heavy atom. The van der Waals surface area contributed by atoms with Crippen LogP contribution in [0.1, 0.15) is 16.8 Å². The van der Waals surface area contributed by atoms with Crippen LogP contribution in [-0.2, 0) is 10.0 Å². The molecule has 1 amide bonds. The molecule has 1 aliphatic heterocycles. The highest BCUT2D eigenvalue weighted by Gasteiger charge is 2.19. The van der Waals surface area contributed by atoms with E-state index in [-0.39, 0.29) is 10.8 Å². The van der Waals surface area contributed by atoms with Crippen LogP contribution >= 0.6 is 11.8 Å². The molecule has 3 aromatic rings. The maximum absolute atomic E-state index is 12.8. The first kappa shape index (κ1) is 22.0. The molecule has 0 aromatic heterocycles. The van der Waals surface area contributed by atoms with E-state index in [4.69, 9.17) is 9.47 Å². The van der Waals surface area contributed by atoms with Gasteiger partial charge in [-0.25, -0.2) is 8.42 Å². The van der Waals surface area contributed by atoms with Crippen molar-refractivity contribution in [3.8, 4) is 11.5 Å². The summed E-state index contributed by atoms with van der Waals surface area (Å²) in [4.78, 5) is 13.6. The number of nitrogens with one attached hydrogen (secondary N) is 2. The molecule has 1 aliphatic rings. The first-order valence-electron chi connectivity index (χ1n) is 9.92. The molecule has 7 nitrogen and oxygen atoms in total. The standard InChI is InChI=1S/C23H22N2O5S2/c1-31-19-9-7-17(8-10-19)24-23(26)16-3-5-18(6-4-16)25-32(27,28)20-11-12-21-22(15-20)30-14-2-13-29-21/h3-12,15,25H,2,13-14H2,1H3,(H,24,26). The summed E-state index contributed by atoms with van der Waals surface area (Å²) in [6.45, 7) is 0.996. The van der Waals surface area contributed by atoms with Crippen molar-refractivity contribution in [2.45, 2.75) is 16.2 Å². The van der Waals surface area contributed by atoms with Gasteiger partial charge in [0.2, 0.25) is 0 Å². The Hall–Kier alpha value is -3.17. The largest absolute Gasteiger partial charge is 0.490 e. The van der Waals surface area contributed by atoms with Gasteiger partial charge in [-0.3, -0.25) is 9.52 Å². The Morgan fingerprint density at radius 2 is 1.53 bits per heavy atom. The highest BCUT2D eigenvalue weighted by Crippen LogP contribution is 2.32. The van der Waals surface area contributed by atoms with Crippen molar-refractivity contribution in [3.63, 3.8) is 0 Å². The molecular weight excluding hydrogens is 448 g/mol. The zero-order chi connectivity index (χ0) is 22.6. The average molecular weight is 471 g/mol. The number of sulfonamides is 1. The first-order valence-corrected chi connectivity index (χ1v) is 12.6. The highest BCUT2D eigenvalue weighted by atomic mass is 32.2. The summed E-state index contributed by atoms with van der Waals surface area (Å²) in [6, 6.07) is 18.3. The Balaban J connectivity index is 1.44. The van der Waals surface area contributed by atoms with E-state index in [0.29, 0.717) is 41.7 Å². The molecule has 0 bridgehead atoms. The van der Waals surface area contributed by atoms with Crippen LogP contribution in [0.5, 0.6) is 11.5 Å². The Bertz CT molecular complexity index is 1210. The van der Waals surface area contributed by atoms with E-state index in [9.17, 15) is 13.2 Å². The molecule has 32 heavy (non-hydrogen) atoms. The van der Waals surface area contributed by atoms with Crippen LogP contribution in [0.25, 0.3) is 0 Å². The molecule has 0 saturated heterocycles. The molecule has 0 fully saturated rings. The van der Waals surface area contributed by atoms with Gasteiger partial charge >= 0.3 is 0 Å². The van der Waals surface area contributed by atoms with Gasteiger partial charge in [-0.15, -0.1) is 11.8 Å². The fourth-order valence-corrected chi connectivity index (χ4v) is 4.57. The molecule has 166 valence electrons. The molecule has 0 unspecified atom stereocenters. The maximum atomic E-state index is 12.8. The summed E-state index contributed by atoms with van der Waals surface area (Å²) < 4.78 is 39.2. The highest BCUT2D eigenvalue weighted by molar-refractivity contribution is 7.98. The number of hydrogen-bond donors (Lipinski definition) is 2. The zero-order valence-corrected chi connectivity index (χ0v) is 19.0. The monoisotopic (exact) mass is 470 g/mol. The van der Waals surface area contributed by atoms with E-state index in [1.165, 1.54) is 12.1 Å². The minimum atomic E-state index is -3.84. The molecule has 1 heterocycles. The van der Waals surface area contributed by atoms with Crippen molar-refractivity contribution in [2.24, 2.45) is 0 Å². The second-order valence-corrected chi connectivity index (χ2v) is 9.59. The molecule has 0 atom stereocenters. The molecule has 9 heteroatoms. The summed E-state index contributed by atoms with van der Waals surface area (Å²) in [5.74, 6) is 0.655. The number of thioether (sulfide) groups is 1. The molecule has 3 aromatic carbocycles. The molecular formula is C23H22N2O5S2. The Kier molecular flexibility index (Phi) is 6.57. The van der Waals surface area contributed by atoms with Crippen molar-refractivity contribution < 1.29 is 22.7 Å². The van der Waals surface area contributed by atoms with Gasteiger partial charge < -0.3 is 14.8 Å². The number of anilines is 2. The van der Waals surface area contributed by atoms with Gasteiger partial charge in [0.1, 0.15) is 0 Å². The van der Waals surface area contributed by atoms with Gasteiger partial charge in [0.05, 0.1) is 18.1 Å². The molecule has 0 spiro atoms. The lowest BCUT2D eigenvalue weighted by atomic mass is 10.2. The van der Waals surface area contributed by atoms with Gasteiger partial charge in [0, 0.05) is 34.3 Å². The van der Waals surface area contributed by atoms with E-state index in [1.807, 2.05) is 30.5 Å². The molecule has 0 saturated carbocycles. The van der Waals surface area contributed by atoms with Crippen molar-refractivity contribution in [2.75, 3.05) is 29.5 Å². The van der Waals surface area contributed by atoms with Gasteiger partial charge in [0.15, 0.2) is 11.5 Å². The van der Waals surface area contributed by atoms with Crippen LogP contribution in [-0.4, -0.2) is 33.8 Å². The second-order valence-electron chi connectivity index (χ2n) is 7.02. The van der Waals surface area contributed by atoms with E-state index < -0.39 is 10.0 Å². The predicted molar refractivity (Wildman–Crippen MR) is 125 cm³/mol. The van der Waals surface area contributed by atoms with Crippen LogP contribution in [0.4, 0.5) is 11.4 Å². The minimum Gasteiger partial charge on any atom is -0.490 e.